The lowest BCUT2D eigenvalue weighted by molar-refractivity contribution is 0.0953. The van der Waals surface area contributed by atoms with E-state index in [9.17, 15) is 14.4 Å². The molecule has 0 radical (unpaired) electrons. The molecule has 0 fully saturated rings. The Morgan fingerprint density at radius 1 is 0.931 bits per heavy atom. The summed E-state index contributed by atoms with van der Waals surface area (Å²) in [4.78, 5) is 42.8. The van der Waals surface area contributed by atoms with Gasteiger partial charge in [0.1, 0.15) is 5.56 Å². The zero-order chi connectivity index (χ0) is 20.5. The standard InChI is InChI=1S/C23H21N3O3/c1-13-9-14(2)20-17(10-13)12-18(23(29)26-20)22(28)24-8-7-16-11-15-5-3-4-6-19(15)25-21(16)27/h3-6,9-12H,7-8H2,1-2H3,(H,24,28)(H,25,27)(H,26,29). The number of para-hydroxylation sites is 1. The van der Waals surface area contributed by atoms with Crippen LogP contribution >= 0.6 is 0 Å². The Morgan fingerprint density at radius 3 is 2.55 bits per heavy atom. The van der Waals surface area contributed by atoms with Crippen LogP contribution in [-0.4, -0.2) is 22.4 Å². The Hall–Kier alpha value is -3.67. The number of pyridine rings is 2. The number of rotatable bonds is 4. The molecule has 0 aliphatic rings. The van der Waals surface area contributed by atoms with Crippen molar-refractivity contribution >= 4 is 27.7 Å². The van der Waals surface area contributed by atoms with E-state index >= 15 is 0 Å². The van der Waals surface area contributed by atoms with Gasteiger partial charge >= 0.3 is 0 Å². The first kappa shape index (κ1) is 18.7. The van der Waals surface area contributed by atoms with Gasteiger partial charge < -0.3 is 15.3 Å². The fourth-order valence-corrected chi connectivity index (χ4v) is 3.64. The molecule has 3 N–H and O–H groups in total. The number of hydrogen-bond donors (Lipinski definition) is 3. The topological polar surface area (TPSA) is 94.8 Å². The highest BCUT2D eigenvalue weighted by Crippen LogP contribution is 2.18. The molecule has 0 aliphatic carbocycles. The molecule has 0 saturated heterocycles. The number of fused-ring (bicyclic) bond motifs is 2. The number of amides is 1. The molecule has 4 aromatic rings. The Labute approximate surface area is 166 Å². The summed E-state index contributed by atoms with van der Waals surface area (Å²) >= 11 is 0. The first-order valence-electron chi connectivity index (χ1n) is 9.46. The number of nitrogens with one attached hydrogen (secondary N) is 3. The summed E-state index contributed by atoms with van der Waals surface area (Å²) in [7, 11) is 0. The average molecular weight is 387 g/mol. The van der Waals surface area contributed by atoms with Crippen LogP contribution in [0.3, 0.4) is 0 Å². The molecule has 2 aromatic heterocycles. The zero-order valence-electron chi connectivity index (χ0n) is 16.3. The van der Waals surface area contributed by atoms with Crippen LogP contribution in [0.15, 0.2) is 58.1 Å². The molecule has 1 amide bonds. The molecule has 0 unspecified atom stereocenters. The molecule has 6 nitrogen and oxygen atoms in total. The number of benzene rings is 2. The van der Waals surface area contributed by atoms with E-state index in [-0.39, 0.29) is 17.7 Å². The van der Waals surface area contributed by atoms with E-state index < -0.39 is 11.5 Å². The van der Waals surface area contributed by atoms with Crippen molar-refractivity contribution in [3.05, 3.63) is 91.5 Å². The first-order valence-corrected chi connectivity index (χ1v) is 9.46. The van der Waals surface area contributed by atoms with Gasteiger partial charge in [-0.05, 0) is 60.9 Å². The second kappa shape index (κ2) is 7.39. The van der Waals surface area contributed by atoms with Crippen molar-refractivity contribution in [1.82, 2.24) is 15.3 Å². The lowest BCUT2D eigenvalue weighted by Gasteiger charge is -2.08. The Balaban J connectivity index is 1.53. The molecule has 0 saturated carbocycles. The SMILES string of the molecule is Cc1cc(C)c2[nH]c(=O)c(C(=O)NCCc3cc4ccccc4[nH]c3=O)cc2c1. The fourth-order valence-electron chi connectivity index (χ4n) is 3.64. The van der Waals surface area contributed by atoms with Crippen LogP contribution < -0.4 is 16.4 Å². The van der Waals surface area contributed by atoms with Crippen molar-refractivity contribution in [3.8, 4) is 0 Å². The summed E-state index contributed by atoms with van der Waals surface area (Å²) in [6.45, 7) is 4.15. The number of carbonyl (C=O) groups excluding carboxylic acids is 1. The predicted molar refractivity (Wildman–Crippen MR) is 115 cm³/mol. The summed E-state index contributed by atoms with van der Waals surface area (Å²) in [5.41, 5.74) is 3.58. The Bertz CT molecular complexity index is 1370. The van der Waals surface area contributed by atoms with Gasteiger partial charge in [-0.3, -0.25) is 14.4 Å². The first-order chi connectivity index (χ1) is 13.9. The largest absolute Gasteiger partial charge is 0.352 e. The van der Waals surface area contributed by atoms with Gasteiger partial charge in [-0.1, -0.05) is 29.8 Å². The van der Waals surface area contributed by atoms with Gasteiger partial charge in [-0.15, -0.1) is 0 Å². The van der Waals surface area contributed by atoms with Crippen LogP contribution in [0.5, 0.6) is 0 Å². The molecule has 2 heterocycles. The van der Waals surface area contributed by atoms with Crippen LogP contribution in [-0.2, 0) is 6.42 Å². The van der Waals surface area contributed by atoms with Gasteiger partial charge in [-0.2, -0.15) is 0 Å². The number of aryl methyl sites for hydroxylation is 2. The Morgan fingerprint density at radius 2 is 1.72 bits per heavy atom. The number of H-pyrrole nitrogens is 2. The summed E-state index contributed by atoms with van der Waals surface area (Å²) in [5.74, 6) is -0.454. The van der Waals surface area contributed by atoms with Crippen molar-refractivity contribution in [1.29, 1.82) is 0 Å². The molecule has 2 aromatic carbocycles. The maximum atomic E-state index is 12.5. The molecule has 0 aliphatic heterocycles. The second-order valence-electron chi connectivity index (χ2n) is 7.28. The van der Waals surface area contributed by atoms with E-state index in [1.165, 1.54) is 0 Å². The molecule has 4 rings (SSSR count). The minimum Gasteiger partial charge on any atom is -0.352 e. The molecule has 146 valence electrons. The average Bonchev–Trinajstić information content (AvgIpc) is 2.68. The van der Waals surface area contributed by atoms with Crippen LogP contribution in [0.2, 0.25) is 0 Å². The molecule has 0 atom stereocenters. The van der Waals surface area contributed by atoms with Crippen LogP contribution in [0, 0.1) is 13.8 Å². The smallest absolute Gasteiger partial charge is 0.261 e. The van der Waals surface area contributed by atoms with E-state index in [4.69, 9.17) is 0 Å². The highest BCUT2D eigenvalue weighted by Gasteiger charge is 2.13. The summed E-state index contributed by atoms with van der Waals surface area (Å²) < 4.78 is 0. The highest BCUT2D eigenvalue weighted by atomic mass is 16.2. The maximum Gasteiger partial charge on any atom is 0.261 e. The van der Waals surface area contributed by atoms with Gasteiger partial charge in [-0.25, -0.2) is 0 Å². The van der Waals surface area contributed by atoms with Crippen LogP contribution in [0.1, 0.15) is 27.0 Å². The summed E-state index contributed by atoms with van der Waals surface area (Å²) in [6, 6.07) is 14.9. The minimum absolute atomic E-state index is 0.0647. The van der Waals surface area contributed by atoms with Gasteiger partial charge in [0, 0.05) is 17.6 Å². The van der Waals surface area contributed by atoms with Gasteiger partial charge in [0.2, 0.25) is 0 Å². The highest BCUT2D eigenvalue weighted by molar-refractivity contribution is 5.97. The minimum atomic E-state index is -0.454. The van der Waals surface area contributed by atoms with Crippen molar-refractivity contribution in [3.63, 3.8) is 0 Å². The molecule has 6 heteroatoms. The van der Waals surface area contributed by atoms with Crippen molar-refractivity contribution < 1.29 is 4.79 Å². The van der Waals surface area contributed by atoms with Crippen molar-refractivity contribution in [2.45, 2.75) is 20.3 Å². The number of carbonyl (C=O) groups is 1. The number of aromatic nitrogens is 2. The Kier molecular flexibility index (Phi) is 4.76. The van der Waals surface area contributed by atoms with E-state index in [1.54, 1.807) is 6.07 Å². The number of hydrogen-bond acceptors (Lipinski definition) is 3. The molecule has 29 heavy (non-hydrogen) atoms. The summed E-state index contributed by atoms with van der Waals surface area (Å²) in [6.07, 6.45) is 0.371. The van der Waals surface area contributed by atoms with Crippen LogP contribution in [0.25, 0.3) is 21.8 Å². The lowest BCUT2D eigenvalue weighted by atomic mass is 10.0. The monoisotopic (exact) mass is 387 g/mol. The quantitative estimate of drug-likeness (QED) is 0.502. The predicted octanol–water partition coefficient (Wildman–Crippen LogP) is 2.96. The molecule has 0 spiro atoms. The third kappa shape index (κ3) is 3.69. The second-order valence-corrected chi connectivity index (χ2v) is 7.28. The van der Waals surface area contributed by atoms with E-state index in [2.05, 4.69) is 15.3 Å². The maximum absolute atomic E-state index is 12.5. The third-order valence-electron chi connectivity index (χ3n) is 5.05. The van der Waals surface area contributed by atoms with Crippen LogP contribution in [0.4, 0.5) is 0 Å². The van der Waals surface area contributed by atoms with Gasteiger partial charge in [0.25, 0.3) is 17.0 Å². The van der Waals surface area contributed by atoms with E-state index in [0.717, 1.165) is 32.9 Å². The van der Waals surface area contributed by atoms with Gasteiger partial charge in [0.05, 0.1) is 5.52 Å². The van der Waals surface area contributed by atoms with Crippen molar-refractivity contribution in [2.75, 3.05) is 6.54 Å². The van der Waals surface area contributed by atoms with Gasteiger partial charge in [0.15, 0.2) is 0 Å². The summed E-state index contributed by atoms with van der Waals surface area (Å²) in [5, 5.41) is 4.50. The molecule has 0 bridgehead atoms. The number of aromatic amines is 2. The zero-order valence-corrected chi connectivity index (χ0v) is 16.3. The fraction of sp³-hybridized carbons (Fsp3) is 0.174. The lowest BCUT2D eigenvalue weighted by Crippen LogP contribution is -2.31. The third-order valence-corrected chi connectivity index (χ3v) is 5.05. The van der Waals surface area contributed by atoms with Crippen molar-refractivity contribution in [2.24, 2.45) is 0 Å². The normalized spacial score (nSPS) is 11.1. The molecular formula is C23H21N3O3. The van der Waals surface area contributed by atoms with E-state index in [1.807, 2.05) is 56.3 Å². The molecular weight excluding hydrogens is 366 g/mol. The van der Waals surface area contributed by atoms with E-state index in [0.29, 0.717) is 12.0 Å².